The fraction of sp³-hybridized carbons (Fsp3) is 0.500. The smallest absolute Gasteiger partial charge is 0.358 e. The van der Waals surface area contributed by atoms with Gasteiger partial charge < -0.3 is 19.1 Å². The van der Waals surface area contributed by atoms with Gasteiger partial charge in [-0.15, -0.1) is 0 Å². The molecule has 0 radical (unpaired) electrons. The first kappa shape index (κ1) is 19.9. The van der Waals surface area contributed by atoms with Gasteiger partial charge in [0.2, 0.25) is 0 Å². The minimum absolute atomic E-state index is 0.00762. The van der Waals surface area contributed by atoms with E-state index in [-0.39, 0.29) is 24.3 Å². The van der Waals surface area contributed by atoms with Crippen molar-refractivity contribution in [3.8, 4) is 0 Å². The van der Waals surface area contributed by atoms with E-state index in [1.807, 2.05) is 18.4 Å². The van der Waals surface area contributed by atoms with Crippen molar-refractivity contribution in [1.29, 1.82) is 0 Å². The van der Waals surface area contributed by atoms with Crippen LogP contribution < -0.4 is 0 Å². The molecule has 0 amide bonds. The molecule has 1 aliphatic heterocycles. The number of esters is 1. The van der Waals surface area contributed by atoms with Crippen molar-refractivity contribution in [3.05, 3.63) is 52.1 Å². The van der Waals surface area contributed by atoms with Crippen LogP contribution in [-0.2, 0) is 9.47 Å². The van der Waals surface area contributed by atoms with Crippen LogP contribution in [0.5, 0.6) is 0 Å². The molecular weight excluding hydrogens is 368 g/mol. The number of aromatic nitrogens is 2. The standard InChI is InChI=1S/C20H25ClN2O4/c1-4-27-20(25)16-17(18(24)13-5-7-15(21)8-6-13)23(12(2)3)19(22-16)14-9-10-26-11-14/h5-8,12,14,18,24H,4,9-11H2,1-3H3. The minimum Gasteiger partial charge on any atom is -0.461 e. The lowest BCUT2D eigenvalue weighted by Gasteiger charge is -2.21. The van der Waals surface area contributed by atoms with Gasteiger partial charge in [-0.2, -0.15) is 0 Å². The average Bonchev–Trinajstić information content (AvgIpc) is 3.29. The fourth-order valence-corrected chi connectivity index (χ4v) is 3.57. The van der Waals surface area contributed by atoms with Gasteiger partial charge in [0.1, 0.15) is 11.9 Å². The normalized spacial score (nSPS) is 18.1. The third kappa shape index (κ3) is 4.03. The number of rotatable bonds is 6. The van der Waals surface area contributed by atoms with Gasteiger partial charge >= 0.3 is 5.97 Å². The van der Waals surface area contributed by atoms with E-state index in [2.05, 4.69) is 4.98 Å². The van der Waals surface area contributed by atoms with Gasteiger partial charge in [-0.1, -0.05) is 23.7 Å². The molecule has 7 heteroatoms. The number of halogens is 1. The van der Waals surface area contributed by atoms with E-state index in [1.165, 1.54) is 0 Å². The average molecular weight is 393 g/mol. The molecule has 1 aliphatic rings. The lowest BCUT2D eigenvalue weighted by atomic mass is 10.0. The third-order valence-corrected chi connectivity index (χ3v) is 4.95. The first-order chi connectivity index (χ1) is 12.9. The first-order valence-electron chi connectivity index (χ1n) is 9.24. The van der Waals surface area contributed by atoms with Crippen molar-refractivity contribution in [2.24, 2.45) is 0 Å². The summed E-state index contributed by atoms with van der Waals surface area (Å²) in [6.07, 6.45) is -0.185. The molecule has 1 N–H and O–H groups in total. The number of ether oxygens (including phenoxy) is 2. The number of imidazole rings is 1. The Morgan fingerprint density at radius 3 is 2.67 bits per heavy atom. The highest BCUT2D eigenvalue weighted by Crippen LogP contribution is 2.35. The van der Waals surface area contributed by atoms with Crippen molar-refractivity contribution in [2.75, 3.05) is 19.8 Å². The Bertz CT molecular complexity index is 795. The highest BCUT2D eigenvalue weighted by molar-refractivity contribution is 6.30. The maximum atomic E-state index is 12.6. The van der Waals surface area contributed by atoms with E-state index in [4.69, 9.17) is 21.1 Å². The van der Waals surface area contributed by atoms with E-state index >= 15 is 0 Å². The maximum absolute atomic E-state index is 12.6. The summed E-state index contributed by atoms with van der Waals surface area (Å²) in [6.45, 7) is 7.23. The summed E-state index contributed by atoms with van der Waals surface area (Å²) in [4.78, 5) is 17.2. The number of hydrogen-bond acceptors (Lipinski definition) is 5. The topological polar surface area (TPSA) is 73.6 Å². The van der Waals surface area contributed by atoms with Crippen LogP contribution in [0.25, 0.3) is 0 Å². The predicted molar refractivity (Wildman–Crippen MR) is 102 cm³/mol. The molecule has 27 heavy (non-hydrogen) atoms. The van der Waals surface area contributed by atoms with Gasteiger partial charge in [-0.05, 0) is 44.9 Å². The number of nitrogens with zero attached hydrogens (tertiary/aromatic N) is 2. The molecule has 3 rings (SSSR count). The summed E-state index contributed by atoms with van der Waals surface area (Å²) in [6, 6.07) is 6.93. The molecule has 1 fully saturated rings. The second-order valence-electron chi connectivity index (χ2n) is 6.90. The first-order valence-corrected chi connectivity index (χ1v) is 9.62. The SMILES string of the molecule is CCOC(=O)c1nc(C2CCOC2)n(C(C)C)c1C(O)c1ccc(Cl)cc1. The molecular formula is C20H25ClN2O4. The van der Waals surface area contributed by atoms with Gasteiger partial charge in [0.25, 0.3) is 0 Å². The van der Waals surface area contributed by atoms with Gasteiger partial charge in [-0.3, -0.25) is 0 Å². The van der Waals surface area contributed by atoms with Crippen LogP contribution in [0.1, 0.15) is 72.8 Å². The quantitative estimate of drug-likeness (QED) is 0.755. The highest BCUT2D eigenvalue weighted by atomic mass is 35.5. The van der Waals surface area contributed by atoms with Crippen molar-refractivity contribution >= 4 is 17.6 Å². The van der Waals surface area contributed by atoms with Crippen LogP contribution >= 0.6 is 11.6 Å². The van der Waals surface area contributed by atoms with Crippen molar-refractivity contribution < 1.29 is 19.4 Å². The summed E-state index contributed by atoms with van der Waals surface area (Å²) in [7, 11) is 0. The molecule has 2 unspecified atom stereocenters. The number of carbonyl (C=O) groups excluding carboxylic acids is 1. The summed E-state index contributed by atoms with van der Waals surface area (Å²) >= 11 is 5.97. The van der Waals surface area contributed by atoms with Gasteiger partial charge in [0, 0.05) is 23.6 Å². The summed E-state index contributed by atoms with van der Waals surface area (Å²) in [5, 5.41) is 11.7. The lowest BCUT2D eigenvalue weighted by Crippen LogP contribution is -2.18. The van der Waals surface area contributed by atoms with E-state index < -0.39 is 12.1 Å². The molecule has 1 aromatic heterocycles. The Labute approximate surface area is 164 Å². The van der Waals surface area contributed by atoms with Gasteiger partial charge in [0.15, 0.2) is 5.69 Å². The number of benzene rings is 1. The largest absolute Gasteiger partial charge is 0.461 e. The van der Waals surface area contributed by atoms with Gasteiger partial charge in [-0.25, -0.2) is 9.78 Å². The predicted octanol–water partition coefficient (Wildman–Crippen LogP) is 3.88. The molecule has 6 nitrogen and oxygen atoms in total. The molecule has 0 bridgehead atoms. The highest BCUT2D eigenvalue weighted by Gasteiger charge is 2.34. The van der Waals surface area contributed by atoms with Crippen LogP contribution in [0.4, 0.5) is 0 Å². The zero-order chi connectivity index (χ0) is 19.6. The molecule has 0 saturated carbocycles. The molecule has 0 aliphatic carbocycles. The van der Waals surface area contributed by atoms with Crippen LogP contribution in [0.2, 0.25) is 5.02 Å². The molecule has 2 aromatic rings. The third-order valence-electron chi connectivity index (χ3n) is 4.70. The maximum Gasteiger partial charge on any atom is 0.358 e. The fourth-order valence-electron chi connectivity index (χ4n) is 3.45. The van der Waals surface area contributed by atoms with Crippen LogP contribution in [0.15, 0.2) is 24.3 Å². The summed E-state index contributed by atoms with van der Waals surface area (Å²) < 4.78 is 12.7. The Morgan fingerprint density at radius 1 is 1.41 bits per heavy atom. The molecule has 2 atom stereocenters. The van der Waals surface area contributed by atoms with Crippen LogP contribution in [0.3, 0.4) is 0 Å². The van der Waals surface area contributed by atoms with Crippen molar-refractivity contribution in [1.82, 2.24) is 9.55 Å². The molecule has 1 saturated heterocycles. The Balaban J connectivity index is 2.15. The number of hydrogen-bond donors (Lipinski definition) is 1. The zero-order valence-electron chi connectivity index (χ0n) is 15.8. The van der Waals surface area contributed by atoms with E-state index in [9.17, 15) is 9.90 Å². The number of carbonyl (C=O) groups is 1. The number of aliphatic hydroxyl groups is 1. The van der Waals surface area contributed by atoms with Crippen molar-refractivity contribution in [3.63, 3.8) is 0 Å². The summed E-state index contributed by atoms with van der Waals surface area (Å²) in [5.74, 6) is 0.320. The van der Waals surface area contributed by atoms with Crippen LogP contribution in [0, 0.1) is 0 Å². The van der Waals surface area contributed by atoms with E-state index in [0.717, 1.165) is 12.2 Å². The molecule has 0 spiro atoms. The minimum atomic E-state index is -1.02. The second-order valence-corrected chi connectivity index (χ2v) is 7.34. The monoisotopic (exact) mass is 392 g/mol. The van der Waals surface area contributed by atoms with E-state index in [1.54, 1.807) is 31.2 Å². The lowest BCUT2D eigenvalue weighted by molar-refractivity contribution is 0.0513. The second kappa shape index (κ2) is 8.42. The Morgan fingerprint density at radius 2 is 2.11 bits per heavy atom. The number of aliphatic hydroxyl groups excluding tert-OH is 1. The Hall–Kier alpha value is -1.89. The summed E-state index contributed by atoms with van der Waals surface area (Å²) in [5.41, 5.74) is 1.25. The Kier molecular flexibility index (Phi) is 6.19. The molecule has 146 valence electrons. The molecule has 1 aromatic carbocycles. The zero-order valence-corrected chi connectivity index (χ0v) is 16.6. The van der Waals surface area contributed by atoms with Crippen molar-refractivity contribution in [2.45, 2.75) is 45.3 Å². The van der Waals surface area contributed by atoms with Crippen LogP contribution in [-0.4, -0.2) is 40.4 Å². The van der Waals surface area contributed by atoms with Gasteiger partial charge in [0.05, 0.1) is 18.9 Å². The van der Waals surface area contributed by atoms with E-state index in [0.29, 0.717) is 29.5 Å². The molecule has 2 heterocycles.